The van der Waals surface area contributed by atoms with Crippen molar-refractivity contribution in [1.82, 2.24) is 9.55 Å². The Bertz CT molecular complexity index is 1050. The molecule has 2 aromatic heterocycles. The maximum atomic E-state index is 12.5. The van der Waals surface area contributed by atoms with E-state index in [1.807, 2.05) is 31.2 Å². The van der Waals surface area contributed by atoms with Crippen LogP contribution in [0, 0.1) is 6.92 Å². The summed E-state index contributed by atoms with van der Waals surface area (Å²) in [5, 5.41) is 3.25. The molecule has 0 saturated carbocycles. The summed E-state index contributed by atoms with van der Waals surface area (Å²) in [6, 6.07) is 12.1. The van der Waals surface area contributed by atoms with Crippen molar-refractivity contribution in [3.63, 3.8) is 0 Å². The zero-order valence-electron chi connectivity index (χ0n) is 14.9. The lowest BCUT2D eigenvalue weighted by Crippen LogP contribution is -2.22. The van der Waals surface area contributed by atoms with E-state index < -0.39 is 5.91 Å². The van der Waals surface area contributed by atoms with Gasteiger partial charge in [-0.2, -0.15) is 0 Å². The molecule has 0 saturated heterocycles. The van der Waals surface area contributed by atoms with Crippen LogP contribution >= 0.6 is 11.6 Å². The van der Waals surface area contributed by atoms with Crippen molar-refractivity contribution in [3.05, 3.63) is 86.9 Å². The molecule has 0 aliphatic heterocycles. The van der Waals surface area contributed by atoms with E-state index in [-0.39, 0.29) is 23.5 Å². The topological polar surface area (TPSA) is 73.2 Å². The van der Waals surface area contributed by atoms with Crippen molar-refractivity contribution in [2.45, 2.75) is 13.5 Å². The molecule has 138 valence electrons. The summed E-state index contributed by atoms with van der Waals surface area (Å²) in [5.74, 6) is 0.138. The number of ether oxygens (including phenoxy) is 1. The lowest BCUT2D eigenvalue weighted by molar-refractivity contribution is 0.101. The van der Waals surface area contributed by atoms with Gasteiger partial charge in [-0.15, -0.1) is 0 Å². The number of halogens is 1. The first-order valence-corrected chi connectivity index (χ1v) is 8.63. The van der Waals surface area contributed by atoms with Gasteiger partial charge in [-0.05, 0) is 30.7 Å². The number of nitrogens with one attached hydrogen (secondary N) is 1. The standard InChI is InChI=1S/C20H18ClN3O3/c1-13-7-8-22-19(9-13)23-20(26)16-10-17(25)18(11-24(16)2)27-12-14-5-3-4-6-15(14)21/h3-11H,12H2,1-2H3,(H,22,23,26). The number of carbonyl (C=O) groups is 1. The average molecular weight is 384 g/mol. The van der Waals surface area contributed by atoms with Crippen molar-refractivity contribution < 1.29 is 9.53 Å². The molecule has 6 nitrogen and oxygen atoms in total. The fraction of sp³-hybridized carbons (Fsp3) is 0.150. The van der Waals surface area contributed by atoms with Crippen molar-refractivity contribution in [3.8, 4) is 5.75 Å². The van der Waals surface area contributed by atoms with Crippen LogP contribution in [0.25, 0.3) is 0 Å². The first kappa shape index (κ1) is 18.7. The second kappa shape index (κ2) is 8.05. The van der Waals surface area contributed by atoms with Gasteiger partial charge < -0.3 is 14.6 Å². The fourth-order valence-corrected chi connectivity index (χ4v) is 2.69. The summed E-state index contributed by atoms with van der Waals surface area (Å²) in [6.45, 7) is 2.06. The normalized spacial score (nSPS) is 10.5. The molecule has 27 heavy (non-hydrogen) atoms. The molecular formula is C20H18ClN3O3. The molecule has 0 bridgehead atoms. The number of amides is 1. The molecule has 2 heterocycles. The number of carbonyl (C=O) groups excluding carboxylic acids is 1. The summed E-state index contributed by atoms with van der Waals surface area (Å²) < 4.78 is 7.13. The molecule has 0 spiro atoms. The first-order valence-electron chi connectivity index (χ1n) is 8.25. The summed E-state index contributed by atoms with van der Waals surface area (Å²) in [6.07, 6.45) is 3.09. The molecule has 0 aliphatic carbocycles. The summed E-state index contributed by atoms with van der Waals surface area (Å²) in [7, 11) is 1.67. The predicted molar refractivity (Wildman–Crippen MR) is 104 cm³/mol. The van der Waals surface area contributed by atoms with E-state index in [4.69, 9.17) is 16.3 Å². The van der Waals surface area contributed by atoms with E-state index in [2.05, 4.69) is 10.3 Å². The quantitative estimate of drug-likeness (QED) is 0.731. The highest BCUT2D eigenvalue weighted by atomic mass is 35.5. The van der Waals surface area contributed by atoms with Gasteiger partial charge in [0, 0.05) is 29.9 Å². The third kappa shape index (κ3) is 4.54. The Morgan fingerprint density at radius 2 is 2.04 bits per heavy atom. The maximum absolute atomic E-state index is 12.5. The lowest BCUT2D eigenvalue weighted by Gasteiger charge is -2.12. The molecule has 3 aromatic rings. The van der Waals surface area contributed by atoms with Crippen LogP contribution in [0.1, 0.15) is 21.6 Å². The van der Waals surface area contributed by atoms with Gasteiger partial charge in [-0.1, -0.05) is 29.8 Å². The van der Waals surface area contributed by atoms with Crippen LogP contribution in [0.3, 0.4) is 0 Å². The minimum absolute atomic E-state index is 0.141. The Morgan fingerprint density at radius 1 is 1.26 bits per heavy atom. The molecular weight excluding hydrogens is 366 g/mol. The predicted octanol–water partition coefficient (Wildman–Crippen LogP) is 3.57. The van der Waals surface area contributed by atoms with Crippen LogP contribution in [0.15, 0.2) is 59.7 Å². The smallest absolute Gasteiger partial charge is 0.273 e. The molecule has 0 unspecified atom stereocenters. The van der Waals surface area contributed by atoms with Crippen LogP contribution in [0.2, 0.25) is 5.02 Å². The monoisotopic (exact) mass is 383 g/mol. The minimum Gasteiger partial charge on any atom is -0.483 e. The van der Waals surface area contributed by atoms with Crippen LogP contribution in [0.5, 0.6) is 5.75 Å². The van der Waals surface area contributed by atoms with Crippen molar-refractivity contribution in [2.24, 2.45) is 7.05 Å². The largest absolute Gasteiger partial charge is 0.483 e. The first-order chi connectivity index (χ1) is 12.9. The van der Waals surface area contributed by atoms with Gasteiger partial charge in [0.05, 0.1) is 6.20 Å². The van der Waals surface area contributed by atoms with E-state index >= 15 is 0 Å². The second-order valence-corrected chi connectivity index (χ2v) is 6.46. The third-order valence-corrected chi connectivity index (χ3v) is 4.30. The van der Waals surface area contributed by atoms with Gasteiger partial charge in [-0.3, -0.25) is 9.59 Å². The number of pyridine rings is 2. The molecule has 0 radical (unpaired) electrons. The molecule has 0 atom stereocenters. The number of aryl methyl sites for hydroxylation is 2. The van der Waals surface area contributed by atoms with Gasteiger partial charge in [0.15, 0.2) is 5.75 Å². The number of benzene rings is 1. The second-order valence-electron chi connectivity index (χ2n) is 6.05. The van der Waals surface area contributed by atoms with Gasteiger partial charge in [0.1, 0.15) is 18.1 Å². The minimum atomic E-state index is -0.426. The van der Waals surface area contributed by atoms with Crippen LogP contribution < -0.4 is 15.5 Å². The number of aromatic nitrogens is 2. The van der Waals surface area contributed by atoms with Gasteiger partial charge >= 0.3 is 0 Å². The third-order valence-electron chi connectivity index (χ3n) is 3.93. The Labute approximate surface area is 161 Å². The van der Waals surface area contributed by atoms with Crippen LogP contribution in [-0.4, -0.2) is 15.5 Å². The molecule has 1 aromatic carbocycles. The molecule has 1 N–H and O–H groups in total. The highest BCUT2D eigenvalue weighted by Crippen LogP contribution is 2.17. The van der Waals surface area contributed by atoms with E-state index in [1.54, 1.807) is 25.4 Å². The Hall–Kier alpha value is -3.12. The van der Waals surface area contributed by atoms with Crippen molar-refractivity contribution in [1.29, 1.82) is 0 Å². The van der Waals surface area contributed by atoms with Gasteiger partial charge in [0.2, 0.25) is 5.43 Å². The van der Waals surface area contributed by atoms with Gasteiger partial charge in [0.25, 0.3) is 5.91 Å². The lowest BCUT2D eigenvalue weighted by atomic mass is 10.2. The van der Waals surface area contributed by atoms with Crippen LogP contribution in [0.4, 0.5) is 5.82 Å². The number of rotatable bonds is 5. The highest BCUT2D eigenvalue weighted by molar-refractivity contribution is 6.31. The SMILES string of the molecule is Cc1ccnc(NC(=O)c2cc(=O)c(OCc3ccccc3Cl)cn2C)c1. The highest BCUT2D eigenvalue weighted by Gasteiger charge is 2.14. The molecule has 0 aliphatic rings. The van der Waals surface area contributed by atoms with E-state index in [9.17, 15) is 9.59 Å². The molecule has 0 fully saturated rings. The van der Waals surface area contributed by atoms with E-state index in [0.29, 0.717) is 10.8 Å². The molecule has 3 rings (SSSR count). The zero-order chi connectivity index (χ0) is 19.4. The Kier molecular flexibility index (Phi) is 5.57. The zero-order valence-corrected chi connectivity index (χ0v) is 15.7. The Balaban J connectivity index is 1.77. The summed E-state index contributed by atoms with van der Waals surface area (Å²) >= 11 is 6.09. The van der Waals surface area contributed by atoms with Gasteiger partial charge in [-0.25, -0.2) is 4.98 Å². The molecule has 7 heteroatoms. The number of anilines is 1. The number of nitrogens with zero attached hydrogens (tertiary/aromatic N) is 2. The van der Waals surface area contributed by atoms with E-state index in [1.165, 1.54) is 16.8 Å². The number of hydrogen-bond donors (Lipinski definition) is 1. The number of hydrogen-bond acceptors (Lipinski definition) is 4. The van der Waals surface area contributed by atoms with Crippen molar-refractivity contribution >= 4 is 23.3 Å². The van der Waals surface area contributed by atoms with E-state index in [0.717, 1.165) is 11.1 Å². The average Bonchev–Trinajstić information content (AvgIpc) is 2.63. The maximum Gasteiger partial charge on any atom is 0.273 e. The molecule has 1 amide bonds. The summed E-state index contributed by atoms with van der Waals surface area (Å²) in [5.41, 5.74) is 1.56. The van der Waals surface area contributed by atoms with Crippen LogP contribution in [-0.2, 0) is 13.7 Å². The van der Waals surface area contributed by atoms with Crippen molar-refractivity contribution in [2.75, 3.05) is 5.32 Å². The fourth-order valence-electron chi connectivity index (χ4n) is 2.50. The Morgan fingerprint density at radius 3 is 2.78 bits per heavy atom. The summed E-state index contributed by atoms with van der Waals surface area (Å²) in [4.78, 5) is 28.9.